The lowest BCUT2D eigenvalue weighted by molar-refractivity contribution is 0.0493. The smallest absolute Gasteiger partial charge is 0.358 e. The molecule has 0 bridgehead atoms. The highest BCUT2D eigenvalue weighted by atomic mass is 16.5. The number of nitrogens with zero attached hydrogens (tertiary/aromatic N) is 2. The van der Waals surface area contributed by atoms with Crippen molar-refractivity contribution in [3.63, 3.8) is 0 Å². The van der Waals surface area contributed by atoms with Gasteiger partial charge >= 0.3 is 5.97 Å². The highest BCUT2D eigenvalue weighted by Gasteiger charge is 2.12. The van der Waals surface area contributed by atoms with Crippen LogP contribution in [0, 0.1) is 5.92 Å². The monoisotopic (exact) mass is 287 g/mol. The zero-order valence-electron chi connectivity index (χ0n) is 12.5. The van der Waals surface area contributed by atoms with Gasteiger partial charge in [-0.15, -0.1) is 0 Å². The molecule has 1 N–H and O–H groups in total. The molecule has 0 aliphatic carbocycles. The molecular weight excluding hydrogens is 266 g/mol. The van der Waals surface area contributed by atoms with Crippen LogP contribution in [0.15, 0.2) is 30.6 Å². The average molecular weight is 287 g/mol. The summed E-state index contributed by atoms with van der Waals surface area (Å²) in [7, 11) is 0. The van der Waals surface area contributed by atoms with E-state index in [2.05, 4.69) is 29.0 Å². The third kappa shape index (κ3) is 5.02. The SMILES string of the molecule is CC(C)Cc1cc(C(=O)OCCCc2ccncc2)n[nH]1. The molecule has 112 valence electrons. The van der Waals surface area contributed by atoms with Crippen molar-refractivity contribution < 1.29 is 9.53 Å². The predicted octanol–water partition coefficient (Wildman–Crippen LogP) is 2.79. The van der Waals surface area contributed by atoms with Crippen LogP contribution < -0.4 is 0 Å². The number of aryl methyl sites for hydroxylation is 1. The number of H-pyrrole nitrogens is 1. The highest BCUT2D eigenvalue weighted by Crippen LogP contribution is 2.08. The first kappa shape index (κ1) is 15.2. The topological polar surface area (TPSA) is 67.9 Å². The average Bonchev–Trinajstić information content (AvgIpc) is 2.92. The van der Waals surface area contributed by atoms with Crippen LogP contribution >= 0.6 is 0 Å². The van der Waals surface area contributed by atoms with E-state index < -0.39 is 0 Å². The van der Waals surface area contributed by atoms with Gasteiger partial charge < -0.3 is 4.74 Å². The molecule has 2 rings (SSSR count). The van der Waals surface area contributed by atoms with E-state index in [1.807, 2.05) is 12.1 Å². The Balaban J connectivity index is 1.73. The summed E-state index contributed by atoms with van der Waals surface area (Å²) in [5.74, 6) is 0.158. The van der Waals surface area contributed by atoms with Crippen molar-refractivity contribution in [3.8, 4) is 0 Å². The normalized spacial score (nSPS) is 10.8. The zero-order chi connectivity index (χ0) is 15.1. The Morgan fingerprint density at radius 2 is 2.10 bits per heavy atom. The second-order valence-electron chi connectivity index (χ2n) is 5.47. The maximum Gasteiger partial charge on any atom is 0.358 e. The van der Waals surface area contributed by atoms with E-state index in [1.165, 1.54) is 5.56 Å². The molecule has 0 aliphatic heterocycles. The predicted molar refractivity (Wildman–Crippen MR) is 80.0 cm³/mol. The van der Waals surface area contributed by atoms with E-state index in [1.54, 1.807) is 18.5 Å². The van der Waals surface area contributed by atoms with Crippen LogP contribution in [0.3, 0.4) is 0 Å². The molecule has 0 amide bonds. The summed E-state index contributed by atoms with van der Waals surface area (Å²) in [4.78, 5) is 15.8. The minimum Gasteiger partial charge on any atom is -0.461 e. The fraction of sp³-hybridized carbons (Fsp3) is 0.438. The number of aromatic nitrogens is 3. The Labute approximate surface area is 124 Å². The molecule has 21 heavy (non-hydrogen) atoms. The molecule has 0 spiro atoms. The van der Waals surface area contributed by atoms with Crippen LogP contribution in [0.2, 0.25) is 0 Å². The van der Waals surface area contributed by atoms with Crippen LogP contribution in [0.4, 0.5) is 0 Å². The molecule has 2 heterocycles. The van der Waals surface area contributed by atoms with Gasteiger partial charge in [0.25, 0.3) is 0 Å². The quantitative estimate of drug-likeness (QED) is 0.628. The fourth-order valence-electron chi connectivity index (χ4n) is 2.08. The zero-order valence-corrected chi connectivity index (χ0v) is 12.5. The van der Waals surface area contributed by atoms with Crippen LogP contribution in [0.1, 0.15) is 42.0 Å². The van der Waals surface area contributed by atoms with Crippen LogP contribution in [-0.4, -0.2) is 27.8 Å². The van der Waals surface area contributed by atoms with E-state index in [-0.39, 0.29) is 5.97 Å². The van der Waals surface area contributed by atoms with Gasteiger partial charge in [0.1, 0.15) is 0 Å². The summed E-state index contributed by atoms with van der Waals surface area (Å²) < 4.78 is 5.23. The maximum atomic E-state index is 11.8. The molecule has 2 aromatic heterocycles. The number of nitrogens with one attached hydrogen (secondary N) is 1. The van der Waals surface area contributed by atoms with Gasteiger partial charge in [-0.1, -0.05) is 13.8 Å². The molecule has 0 fully saturated rings. The van der Waals surface area contributed by atoms with Crippen molar-refractivity contribution in [1.82, 2.24) is 15.2 Å². The molecule has 0 atom stereocenters. The lowest BCUT2D eigenvalue weighted by Gasteiger charge is -2.03. The Morgan fingerprint density at radius 1 is 1.33 bits per heavy atom. The molecule has 5 heteroatoms. The third-order valence-corrected chi connectivity index (χ3v) is 3.06. The van der Waals surface area contributed by atoms with E-state index in [4.69, 9.17) is 4.74 Å². The number of rotatable bonds is 7. The highest BCUT2D eigenvalue weighted by molar-refractivity contribution is 5.87. The van der Waals surface area contributed by atoms with Crippen molar-refractivity contribution >= 4 is 5.97 Å². The van der Waals surface area contributed by atoms with Crippen molar-refractivity contribution in [3.05, 3.63) is 47.5 Å². The Morgan fingerprint density at radius 3 is 2.81 bits per heavy atom. The van der Waals surface area contributed by atoms with Crippen molar-refractivity contribution in [2.75, 3.05) is 6.61 Å². The van der Waals surface area contributed by atoms with Crippen LogP contribution in [-0.2, 0) is 17.6 Å². The number of hydrogen-bond acceptors (Lipinski definition) is 4. The van der Waals surface area contributed by atoms with Gasteiger partial charge in [-0.25, -0.2) is 4.79 Å². The van der Waals surface area contributed by atoms with Gasteiger partial charge in [-0.3, -0.25) is 10.1 Å². The van der Waals surface area contributed by atoms with Crippen molar-refractivity contribution in [2.24, 2.45) is 5.92 Å². The van der Waals surface area contributed by atoms with Gasteiger partial charge in [0.15, 0.2) is 5.69 Å². The molecule has 2 aromatic rings. The first-order chi connectivity index (χ1) is 10.1. The van der Waals surface area contributed by atoms with Crippen LogP contribution in [0.25, 0.3) is 0 Å². The second-order valence-corrected chi connectivity index (χ2v) is 5.47. The third-order valence-electron chi connectivity index (χ3n) is 3.06. The Bertz CT molecular complexity index is 564. The van der Waals surface area contributed by atoms with Gasteiger partial charge in [-0.2, -0.15) is 5.10 Å². The van der Waals surface area contributed by atoms with Crippen molar-refractivity contribution in [1.29, 1.82) is 0 Å². The summed E-state index contributed by atoms with van der Waals surface area (Å²) in [6.45, 7) is 4.64. The number of aromatic amines is 1. The minimum absolute atomic E-state index is 0.356. The molecule has 0 saturated carbocycles. The summed E-state index contributed by atoms with van der Waals surface area (Å²) in [5.41, 5.74) is 2.52. The molecule has 0 radical (unpaired) electrons. The lowest BCUT2D eigenvalue weighted by atomic mass is 10.1. The van der Waals surface area contributed by atoms with Gasteiger partial charge in [0.05, 0.1) is 6.61 Å². The summed E-state index contributed by atoms with van der Waals surface area (Å²) in [5, 5.41) is 6.87. The lowest BCUT2D eigenvalue weighted by Crippen LogP contribution is -2.07. The van der Waals surface area contributed by atoms with Crippen LogP contribution in [0.5, 0.6) is 0 Å². The number of carbonyl (C=O) groups excluding carboxylic acids is 1. The number of pyridine rings is 1. The van der Waals surface area contributed by atoms with E-state index >= 15 is 0 Å². The van der Waals surface area contributed by atoms with Crippen molar-refractivity contribution in [2.45, 2.75) is 33.1 Å². The Kier molecular flexibility index (Phi) is 5.49. The first-order valence-electron chi connectivity index (χ1n) is 7.25. The standard InChI is InChI=1S/C16H21N3O2/c1-12(2)10-14-11-15(19-18-14)16(20)21-9-3-4-13-5-7-17-8-6-13/h5-8,11-12H,3-4,9-10H2,1-2H3,(H,18,19). The first-order valence-corrected chi connectivity index (χ1v) is 7.25. The second kappa shape index (κ2) is 7.57. The summed E-state index contributed by atoms with van der Waals surface area (Å²) in [6.07, 6.45) is 6.07. The molecule has 0 unspecified atom stereocenters. The number of carbonyl (C=O) groups is 1. The number of hydrogen-bond donors (Lipinski definition) is 1. The largest absolute Gasteiger partial charge is 0.461 e. The van der Waals surface area contributed by atoms with Gasteiger partial charge in [-0.05, 0) is 48.9 Å². The molecular formula is C16H21N3O2. The Hall–Kier alpha value is -2.17. The summed E-state index contributed by atoms with van der Waals surface area (Å²) in [6, 6.07) is 5.70. The molecule has 0 aromatic carbocycles. The van der Waals surface area contributed by atoms with E-state index in [9.17, 15) is 4.79 Å². The summed E-state index contributed by atoms with van der Waals surface area (Å²) >= 11 is 0. The van der Waals surface area contributed by atoms with Gasteiger partial charge in [0.2, 0.25) is 0 Å². The van der Waals surface area contributed by atoms with E-state index in [0.29, 0.717) is 18.2 Å². The number of ether oxygens (including phenoxy) is 1. The van der Waals surface area contributed by atoms with E-state index in [0.717, 1.165) is 25.0 Å². The molecule has 5 nitrogen and oxygen atoms in total. The van der Waals surface area contributed by atoms with Gasteiger partial charge in [0, 0.05) is 18.1 Å². The maximum absolute atomic E-state index is 11.8. The molecule has 0 saturated heterocycles. The minimum atomic E-state index is -0.365. The fourth-order valence-corrected chi connectivity index (χ4v) is 2.08. The number of esters is 1. The molecule has 0 aliphatic rings.